The average molecular weight is 421 g/mol. The first-order valence-electron chi connectivity index (χ1n) is 10.9. The molecule has 0 bridgehead atoms. The van der Waals surface area contributed by atoms with Gasteiger partial charge in [0.2, 0.25) is 0 Å². The molecule has 162 valence electrons. The molecule has 0 saturated carbocycles. The molecule has 1 aliphatic heterocycles. The zero-order valence-corrected chi connectivity index (χ0v) is 17.9. The van der Waals surface area contributed by atoms with Crippen molar-refractivity contribution in [1.29, 1.82) is 0 Å². The van der Waals surface area contributed by atoms with Crippen molar-refractivity contribution in [2.24, 2.45) is 0 Å². The molecule has 4 nitrogen and oxygen atoms in total. The van der Waals surface area contributed by atoms with Crippen LogP contribution in [0.2, 0.25) is 0 Å². The lowest BCUT2D eigenvalue weighted by atomic mass is 10.0. The normalized spacial score (nSPS) is 15.6. The molecule has 3 aromatic carbocycles. The molecule has 1 heterocycles. The molecule has 3 aromatic rings. The van der Waals surface area contributed by atoms with E-state index in [-0.39, 0.29) is 5.82 Å². The third-order valence-corrected chi connectivity index (χ3v) is 5.63. The Hall–Kier alpha value is -3.05. The molecule has 1 fully saturated rings. The van der Waals surface area contributed by atoms with Crippen molar-refractivity contribution in [3.8, 4) is 17.2 Å². The summed E-state index contributed by atoms with van der Waals surface area (Å²) in [6.07, 6.45) is 4.00. The van der Waals surface area contributed by atoms with Crippen LogP contribution in [0.3, 0.4) is 0 Å². The predicted octanol–water partition coefficient (Wildman–Crippen LogP) is 5.58. The molecular weight excluding hydrogens is 391 g/mol. The highest BCUT2D eigenvalue weighted by atomic mass is 19.1. The molecular formula is C26H29FN2O2. The summed E-state index contributed by atoms with van der Waals surface area (Å²) in [4.78, 5) is 0. The Morgan fingerprint density at radius 3 is 2.45 bits per heavy atom. The highest BCUT2D eigenvalue weighted by Crippen LogP contribution is 2.32. The summed E-state index contributed by atoms with van der Waals surface area (Å²) in [7, 11) is 1.65. The second kappa shape index (κ2) is 10.3. The highest BCUT2D eigenvalue weighted by Gasteiger charge is 2.15. The Labute approximate surface area is 183 Å². The minimum atomic E-state index is -0.193. The summed E-state index contributed by atoms with van der Waals surface area (Å²) in [6, 6.07) is 21.1. The lowest BCUT2D eigenvalue weighted by Crippen LogP contribution is -2.29. The molecule has 0 spiro atoms. The summed E-state index contributed by atoms with van der Waals surface area (Å²) in [5, 5.41) is 7.06. The number of ether oxygens (including phenoxy) is 2. The summed E-state index contributed by atoms with van der Waals surface area (Å²) in [6.45, 7) is 1.95. The van der Waals surface area contributed by atoms with Crippen molar-refractivity contribution in [1.82, 2.24) is 5.32 Å². The molecule has 0 aliphatic carbocycles. The minimum absolute atomic E-state index is 0.193. The lowest BCUT2D eigenvalue weighted by Gasteiger charge is -2.17. The minimum Gasteiger partial charge on any atom is -0.497 e. The molecule has 1 saturated heterocycles. The van der Waals surface area contributed by atoms with Gasteiger partial charge in [0.05, 0.1) is 12.8 Å². The fraction of sp³-hybridized carbons (Fsp3) is 0.308. The van der Waals surface area contributed by atoms with E-state index in [1.165, 1.54) is 18.9 Å². The second-order valence-electron chi connectivity index (χ2n) is 7.91. The van der Waals surface area contributed by atoms with Gasteiger partial charge in [0.1, 0.15) is 17.3 Å². The Kier molecular flexibility index (Phi) is 7.05. The number of hydrogen-bond donors (Lipinski definition) is 2. The number of aryl methyl sites for hydroxylation is 2. The Bertz CT molecular complexity index is 985. The van der Waals surface area contributed by atoms with Crippen LogP contribution in [0.1, 0.15) is 24.0 Å². The molecule has 0 unspecified atom stereocenters. The van der Waals surface area contributed by atoms with Crippen molar-refractivity contribution in [2.75, 3.05) is 25.5 Å². The highest BCUT2D eigenvalue weighted by molar-refractivity contribution is 5.59. The van der Waals surface area contributed by atoms with Crippen LogP contribution in [0.5, 0.6) is 17.2 Å². The zero-order chi connectivity index (χ0) is 21.5. The van der Waals surface area contributed by atoms with Crippen LogP contribution >= 0.6 is 0 Å². The maximum absolute atomic E-state index is 13.5. The van der Waals surface area contributed by atoms with E-state index in [1.807, 2.05) is 30.3 Å². The van der Waals surface area contributed by atoms with Gasteiger partial charge in [0.15, 0.2) is 5.75 Å². The van der Waals surface area contributed by atoms with Crippen LogP contribution in [0.25, 0.3) is 0 Å². The van der Waals surface area contributed by atoms with Gasteiger partial charge in [-0.1, -0.05) is 18.2 Å². The number of rotatable bonds is 9. The molecule has 0 radical (unpaired) electrons. The summed E-state index contributed by atoms with van der Waals surface area (Å²) >= 11 is 0. The van der Waals surface area contributed by atoms with E-state index in [0.29, 0.717) is 6.04 Å². The SMILES string of the molecule is COc1ccc(Oc2cc(CCc3cccc(F)c3)ccc2NC[C@@H]2CCCN2)cc1. The van der Waals surface area contributed by atoms with Gasteiger partial charge in [-0.3, -0.25) is 0 Å². The van der Waals surface area contributed by atoms with Crippen molar-refractivity contribution in [3.63, 3.8) is 0 Å². The van der Waals surface area contributed by atoms with Crippen LogP contribution in [-0.2, 0) is 12.8 Å². The Balaban J connectivity index is 1.50. The molecule has 5 heteroatoms. The lowest BCUT2D eigenvalue weighted by molar-refractivity contribution is 0.413. The quantitative estimate of drug-likeness (QED) is 0.475. The second-order valence-corrected chi connectivity index (χ2v) is 7.91. The standard InChI is InChI=1S/C26H29FN2O2/c1-30-23-10-12-24(13-11-23)31-26-17-20(8-7-19-4-2-5-21(27)16-19)9-14-25(26)29-18-22-6-3-15-28-22/h2,4-5,9-14,16-17,22,28-29H,3,6-8,15,18H2,1H3/t22-/m0/s1. The first kappa shape index (κ1) is 21.2. The predicted molar refractivity (Wildman–Crippen MR) is 123 cm³/mol. The molecule has 2 N–H and O–H groups in total. The largest absolute Gasteiger partial charge is 0.497 e. The van der Waals surface area contributed by atoms with E-state index in [1.54, 1.807) is 19.2 Å². The van der Waals surface area contributed by atoms with E-state index < -0.39 is 0 Å². The zero-order valence-electron chi connectivity index (χ0n) is 17.9. The summed E-state index contributed by atoms with van der Waals surface area (Å²) in [5.74, 6) is 2.15. The number of nitrogens with one attached hydrogen (secondary N) is 2. The van der Waals surface area contributed by atoms with Crippen LogP contribution in [-0.4, -0.2) is 26.2 Å². The van der Waals surface area contributed by atoms with E-state index >= 15 is 0 Å². The maximum atomic E-state index is 13.5. The van der Waals surface area contributed by atoms with Gasteiger partial charge < -0.3 is 20.1 Å². The van der Waals surface area contributed by atoms with Gasteiger partial charge in [-0.2, -0.15) is 0 Å². The molecule has 4 rings (SSSR count). The third kappa shape index (κ3) is 5.98. The molecule has 1 aliphatic rings. The summed E-state index contributed by atoms with van der Waals surface area (Å²) < 4.78 is 25.0. The van der Waals surface area contributed by atoms with Crippen LogP contribution in [0.15, 0.2) is 66.7 Å². The first-order valence-corrected chi connectivity index (χ1v) is 10.9. The number of halogens is 1. The van der Waals surface area contributed by atoms with Gasteiger partial charge in [-0.15, -0.1) is 0 Å². The summed E-state index contributed by atoms with van der Waals surface area (Å²) in [5.41, 5.74) is 3.11. The molecule has 31 heavy (non-hydrogen) atoms. The Morgan fingerprint density at radius 2 is 1.74 bits per heavy atom. The van der Waals surface area contributed by atoms with E-state index in [0.717, 1.165) is 60.0 Å². The van der Waals surface area contributed by atoms with E-state index in [2.05, 4.69) is 28.8 Å². The van der Waals surface area contributed by atoms with Gasteiger partial charge >= 0.3 is 0 Å². The van der Waals surface area contributed by atoms with Crippen LogP contribution in [0, 0.1) is 5.82 Å². The van der Waals surface area contributed by atoms with Crippen molar-refractivity contribution in [3.05, 3.63) is 83.7 Å². The van der Waals surface area contributed by atoms with Gasteiger partial charge in [0.25, 0.3) is 0 Å². The van der Waals surface area contributed by atoms with E-state index in [9.17, 15) is 4.39 Å². The van der Waals surface area contributed by atoms with Gasteiger partial charge in [0, 0.05) is 12.6 Å². The van der Waals surface area contributed by atoms with E-state index in [4.69, 9.17) is 9.47 Å². The van der Waals surface area contributed by atoms with Crippen molar-refractivity contribution >= 4 is 5.69 Å². The van der Waals surface area contributed by atoms with Crippen LogP contribution in [0.4, 0.5) is 10.1 Å². The number of benzene rings is 3. The monoisotopic (exact) mass is 420 g/mol. The molecule has 0 aromatic heterocycles. The third-order valence-electron chi connectivity index (χ3n) is 5.63. The van der Waals surface area contributed by atoms with Gasteiger partial charge in [-0.05, 0) is 91.9 Å². The Morgan fingerprint density at radius 1 is 0.968 bits per heavy atom. The maximum Gasteiger partial charge on any atom is 0.150 e. The first-order chi connectivity index (χ1) is 15.2. The average Bonchev–Trinajstić information content (AvgIpc) is 3.31. The fourth-order valence-electron chi connectivity index (χ4n) is 3.87. The molecule has 1 atom stereocenters. The van der Waals surface area contributed by atoms with Crippen LogP contribution < -0.4 is 20.1 Å². The number of methoxy groups -OCH3 is 1. The van der Waals surface area contributed by atoms with Crippen molar-refractivity contribution in [2.45, 2.75) is 31.7 Å². The smallest absolute Gasteiger partial charge is 0.150 e. The van der Waals surface area contributed by atoms with Crippen molar-refractivity contribution < 1.29 is 13.9 Å². The topological polar surface area (TPSA) is 42.5 Å². The van der Waals surface area contributed by atoms with Gasteiger partial charge in [-0.25, -0.2) is 4.39 Å². The number of hydrogen-bond acceptors (Lipinski definition) is 4. The number of anilines is 1. The molecule has 0 amide bonds. The fourth-order valence-corrected chi connectivity index (χ4v) is 3.87.